The molecule has 2 saturated heterocycles. The Kier molecular flexibility index (Phi) is 2.79. The largest absolute Gasteiger partial charge is 0.357 e. The average molecular weight is 218 g/mol. The summed E-state index contributed by atoms with van der Waals surface area (Å²) in [4.78, 5) is 0. The molecule has 2 bridgehead atoms. The van der Waals surface area contributed by atoms with Crippen molar-refractivity contribution in [2.24, 2.45) is 5.92 Å². The van der Waals surface area contributed by atoms with E-state index in [1.54, 1.807) is 6.20 Å². The maximum atomic E-state index is 5.08. The molecule has 3 rings (SSSR count). The lowest BCUT2D eigenvalue weighted by Gasteiger charge is -2.18. The first-order valence-corrected chi connectivity index (χ1v) is 6.27. The first-order valence-electron chi connectivity index (χ1n) is 6.27. The number of hydrogen-bond acceptors (Lipinski definition) is 3. The zero-order valence-electron chi connectivity index (χ0n) is 9.43. The summed E-state index contributed by atoms with van der Waals surface area (Å²) in [5.41, 5.74) is 0. The maximum absolute atomic E-state index is 5.08. The van der Waals surface area contributed by atoms with E-state index < -0.39 is 0 Å². The zero-order chi connectivity index (χ0) is 10.8. The van der Waals surface area contributed by atoms with Crippen molar-refractivity contribution in [3.05, 3.63) is 24.1 Å². The highest BCUT2D eigenvalue weighted by atomic mass is 16.5. The molecule has 86 valence electrons. The summed E-state index contributed by atoms with van der Waals surface area (Å²) >= 11 is 0. The van der Waals surface area contributed by atoms with Crippen LogP contribution in [-0.4, -0.2) is 17.2 Å². The summed E-state index contributed by atoms with van der Waals surface area (Å²) in [7, 11) is 0. The van der Waals surface area contributed by atoms with Crippen LogP contribution in [0.3, 0.4) is 0 Å². The Morgan fingerprint density at radius 2 is 2.31 bits per heavy atom. The van der Waals surface area contributed by atoms with Gasteiger partial charge >= 0.3 is 0 Å². The number of nitrogens with one attached hydrogen (secondary N) is 1. The van der Waals surface area contributed by atoms with E-state index in [0.29, 0.717) is 12.0 Å². The van der Waals surface area contributed by atoms with Gasteiger partial charge in [-0.2, -0.15) is 0 Å². The van der Waals surface area contributed by atoms with E-state index in [-0.39, 0.29) is 0 Å². The molecule has 2 aliphatic heterocycles. The summed E-state index contributed by atoms with van der Waals surface area (Å²) in [6.07, 6.45) is 12.7. The van der Waals surface area contributed by atoms with E-state index in [9.17, 15) is 0 Å². The maximum Gasteiger partial charge on any atom is 0.159 e. The highest BCUT2D eigenvalue weighted by Gasteiger charge is 2.31. The molecule has 3 unspecified atom stereocenters. The molecule has 0 amide bonds. The molecule has 0 aromatic carbocycles. The predicted octanol–water partition coefficient (Wildman–Crippen LogP) is 2.61. The van der Waals surface area contributed by atoms with Crippen molar-refractivity contribution in [3.8, 4) is 0 Å². The molecular weight excluding hydrogens is 200 g/mol. The van der Waals surface area contributed by atoms with Crippen LogP contribution in [0.15, 0.2) is 22.9 Å². The fourth-order valence-corrected chi connectivity index (χ4v) is 2.98. The Bertz CT molecular complexity index is 358. The van der Waals surface area contributed by atoms with Gasteiger partial charge in [-0.05, 0) is 37.7 Å². The number of hydrogen-bond donors (Lipinski definition) is 1. The molecular formula is C13H18N2O. The second kappa shape index (κ2) is 4.42. The average Bonchev–Trinajstić information content (AvgIpc) is 2.88. The Morgan fingerprint density at radius 1 is 1.31 bits per heavy atom. The molecule has 16 heavy (non-hydrogen) atoms. The van der Waals surface area contributed by atoms with Crippen LogP contribution >= 0.6 is 0 Å². The summed E-state index contributed by atoms with van der Waals surface area (Å²) < 4.78 is 5.08. The standard InChI is InChI=1S/C13H18N2O/c1-2-10(4-6-12-8-9-14-16-12)13-7-5-11(3-1)15-13/h4,6,8-11,13,15H,1-3,5,7H2/b6-4-. The van der Waals surface area contributed by atoms with Crippen molar-refractivity contribution in [1.82, 2.24) is 10.5 Å². The number of fused-ring (bicyclic) bond motifs is 2. The van der Waals surface area contributed by atoms with Gasteiger partial charge in [0.2, 0.25) is 0 Å². The van der Waals surface area contributed by atoms with E-state index in [1.807, 2.05) is 6.07 Å². The highest BCUT2D eigenvalue weighted by Crippen LogP contribution is 2.30. The van der Waals surface area contributed by atoms with Gasteiger partial charge in [0.1, 0.15) is 0 Å². The minimum atomic E-state index is 0.664. The number of aromatic nitrogens is 1. The first kappa shape index (κ1) is 10.1. The van der Waals surface area contributed by atoms with Gasteiger partial charge in [0.15, 0.2) is 5.76 Å². The van der Waals surface area contributed by atoms with Gasteiger partial charge in [-0.25, -0.2) is 0 Å². The van der Waals surface area contributed by atoms with E-state index in [4.69, 9.17) is 4.52 Å². The normalized spacial score (nSPS) is 34.4. The van der Waals surface area contributed by atoms with Crippen molar-refractivity contribution < 1.29 is 4.52 Å². The minimum absolute atomic E-state index is 0.664. The van der Waals surface area contributed by atoms with Crippen LogP contribution in [0.1, 0.15) is 37.9 Å². The molecule has 2 fully saturated rings. The molecule has 3 heterocycles. The highest BCUT2D eigenvalue weighted by molar-refractivity contribution is 5.42. The Morgan fingerprint density at radius 3 is 3.19 bits per heavy atom. The van der Waals surface area contributed by atoms with Crippen LogP contribution in [-0.2, 0) is 0 Å². The lowest BCUT2D eigenvalue weighted by molar-refractivity contribution is 0.411. The van der Waals surface area contributed by atoms with Crippen molar-refractivity contribution in [2.75, 3.05) is 0 Å². The lowest BCUT2D eigenvalue weighted by Crippen LogP contribution is -2.31. The molecule has 1 aromatic rings. The smallest absolute Gasteiger partial charge is 0.159 e. The molecule has 0 spiro atoms. The fourth-order valence-electron chi connectivity index (χ4n) is 2.98. The van der Waals surface area contributed by atoms with Crippen LogP contribution in [0, 0.1) is 5.92 Å². The van der Waals surface area contributed by atoms with Crippen molar-refractivity contribution in [2.45, 2.75) is 44.2 Å². The van der Waals surface area contributed by atoms with Gasteiger partial charge in [-0.3, -0.25) is 0 Å². The molecule has 0 saturated carbocycles. The molecule has 3 heteroatoms. The molecule has 0 radical (unpaired) electrons. The second-order valence-electron chi connectivity index (χ2n) is 4.92. The SMILES string of the molecule is C(=C/C1CCCC2CCC1N2)/c1ccno1. The molecule has 1 aromatic heterocycles. The Balaban J connectivity index is 1.69. The summed E-state index contributed by atoms with van der Waals surface area (Å²) in [5.74, 6) is 1.52. The third-order valence-corrected chi connectivity index (χ3v) is 3.85. The number of nitrogens with zero attached hydrogens (tertiary/aromatic N) is 1. The van der Waals surface area contributed by atoms with E-state index in [0.717, 1.165) is 11.8 Å². The van der Waals surface area contributed by atoms with Gasteiger partial charge < -0.3 is 9.84 Å². The first-order chi connectivity index (χ1) is 7.92. The third kappa shape index (κ3) is 2.05. The van der Waals surface area contributed by atoms with Crippen molar-refractivity contribution >= 4 is 6.08 Å². The summed E-state index contributed by atoms with van der Waals surface area (Å²) in [6, 6.07) is 3.37. The van der Waals surface area contributed by atoms with Gasteiger partial charge in [0.25, 0.3) is 0 Å². The summed E-state index contributed by atoms with van der Waals surface area (Å²) in [5, 5.41) is 7.45. The monoisotopic (exact) mass is 218 g/mol. The van der Waals surface area contributed by atoms with Gasteiger partial charge in [0.05, 0.1) is 6.20 Å². The lowest BCUT2D eigenvalue weighted by atomic mass is 9.90. The Labute approximate surface area is 95.9 Å². The summed E-state index contributed by atoms with van der Waals surface area (Å²) in [6.45, 7) is 0. The molecule has 1 N–H and O–H groups in total. The third-order valence-electron chi connectivity index (χ3n) is 3.85. The van der Waals surface area contributed by atoms with E-state index in [1.165, 1.54) is 32.1 Å². The van der Waals surface area contributed by atoms with Gasteiger partial charge in [0, 0.05) is 18.2 Å². The number of rotatable bonds is 2. The van der Waals surface area contributed by atoms with E-state index in [2.05, 4.69) is 22.6 Å². The van der Waals surface area contributed by atoms with Crippen LogP contribution in [0.5, 0.6) is 0 Å². The van der Waals surface area contributed by atoms with Crippen LogP contribution in [0.4, 0.5) is 0 Å². The molecule has 0 aliphatic carbocycles. The Hall–Kier alpha value is -1.09. The van der Waals surface area contributed by atoms with Crippen LogP contribution in [0.2, 0.25) is 0 Å². The van der Waals surface area contributed by atoms with Crippen LogP contribution in [0.25, 0.3) is 6.08 Å². The predicted molar refractivity (Wildman–Crippen MR) is 62.8 cm³/mol. The van der Waals surface area contributed by atoms with Crippen molar-refractivity contribution in [3.63, 3.8) is 0 Å². The minimum Gasteiger partial charge on any atom is -0.357 e. The van der Waals surface area contributed by atoms with Crippen molar-refractivity contribution in [1.29, 1.82) is 0 Å². The zero-order valence-corrected chi connectivity index (χ0v) is 9.43. The topological polar surface area (TPSA) is 38.1 Å². The molecule has 3 atom stereocenters. The quantitative estimate of drug-likeness (QED) is 0.829. The second-order valence-corrected chi connectivity index (χ2v) is 4.92. The van der Waals surface area contributed by atoms with Gasteiger partial charge in [-0.1, -0.05) is 17.7 Å². The van der Waals surface area contributed by atoms with Gasteiger partial charge in [-0.15, -0.1) is 0 Å². The van der Waals surface area contributed by atoms with Crippen LogP contribution < -0.4 is 5.32 Å². The molecule has 2 aliphatic rings. The van der Waals surface area contributed by atoms with E-state index >= 15 is 0 Å². The molecule has 3 nitrogen and oxygen atoms in total. The fraction of sp³-hybridized carbons (Fsp3) is 0.615.